The molecule has 0 aromatic heterocycles. The Balaban J connectivity index is 1.53. The number of para-hydroxylation sites is 1. The normalized spacial score (nSPS) is 14.8. The van der Waals surface area contributed by atoms with E-state index in [1.165, 1.54) is 0 Å². The van der Waals surface area contributed by atoms with Crippen molar-refractivity contribution in [3.63, 3.8) is 0 Å². The lowest BCUT2D eigenvalue weighted by Gasteiger charge is -2.06. The lowest BCUT2D eigenvalue weighted by atomic mass is 10.1. The van der Waals surface area contributed by atoms with Crippen LogP contribution in [0.2, 0.25) is 5.02 Å². The molecule has 0 spiro atoms. The minimum Gasteiger partial charge on any atom is -0.457 e. The lowest BCUT2D eigenvalue weighted by Crippen LogP contribution is -1.97. The highest BCUT2D eigenvalue weighted by atomic mass is 35.5. The van der Waals surface area contributed by atoms with Crippen molar-refractivity contribution >= 4 is 29.4 Å². The molecule has 0 aliphatic carbocycles. The summed E-state index contributed by atoms with van der Waals surface area (Å²) in [6, 6.07) is 24.2. The van der Waals surface area contributed by atoms with Gasteiger partial charge in [-0.25, -0.2) is 4.79 Å². The van der Waals surface area contributed by atoms with Gasteiger partial charge in [-0.15, -0.1) is 0 Å². The van der Waals surface area contributed by atoms with Crippen molar-refractivity contribution in [2.75, 3.05) is 0 Å². The number of ether oxygens (including phenoxy) is 2. The van der Waals surface area contributed by atoms with Crippen LogP contribution in [-0.2, 0) is 9.53 Å². The second kappa shape index (κ2) is 7.52. The highest BCUT2D eigenvalue weighted by Gasteiger charge is 2.22. The monoisotopic (exact) mass is 374 g/mol. The molecule has 0 saturated heterocycles. The summed E-state index contributed by atoms with van der Waals surface area (Å²) in [6.07, 6.45) is 3.52. The standard InChI is InChI=1S/C23H15ClO3/c24-19-10-6-16(7-11-19)14-18-15-22(27-23(18)25)17-8-12-21(13-9-17)26-20-4-2-1-3-5-20/h1-15H/b18-14+. The average Bonchev–Trinajstić information content (AvgIpc) is 3.05. The quantitative estimate of drug-likeness (QED) is 0.408. The summed E-state index contributed by atoms with van der Waals surface area (Å²) in [5.74, 6) is 1.63. The number of esters is 1. The third kappa shape index (κ3) is 4.10. The van der Waals surface area contributed by atoms with Crippen LogP contribution in [0.25, 0.3) is 11.8 Å². The van der Waals surface area contributed by atoms with Crippen molar-refractivity contribution < 1.29 is 14.3 Å². The van der Waals surface area contributed by atoms with E-state index in [0.29, 0.717) is 22.1 Å². The summed E-state index contributed by atoms with van der Waals surface area (Å²) in [5.41, 5.74) is 2.19. The first-order chi connectivity index (χ1) is 13.2. The van der Waals surface area contributed by atoms with E-state index in [0.717, 1.165) is 16.9 Å². The summed E-state index contributed by atoms with van der Waals surface area (Å²) >= 11 is 5.89. The molecule has 0 radical (unpaired) electrons. The predicted octanol–water partition coefficient (Wildman–Crippen LogP) is 6.11. The summed E-state index contributed by atoms with van der Waals surface area (Å²) in [4.78, 5) is 12.1. The largest absolute Gasteiger partial charge is 0.457 e. The Bertz CT molecular complexity index is 1020. The molecule has 4 heteroatoms. The van der Waals surface area contributed by atoms with E-state index in [4.69, 9.17) is 21.1 Å². The molecule has 0 amide bonds. The number of carbonyl (C=O) groups is 1. The molecule has 132 valence electrons. The van der Waals surface area contributed by atoms with Gasteiger partial charge in [0.05, 0.1) is 5.57 Å². The Morgan fingerprint density at radius 3 is 2.19 bits per heavy atom. The zero-order chi connectivity index (χ0) is 18.6. The first-order valence-corrected chi connectivity index (χ1v) is 8.80. The molecule has 27 heavy (non-hydrogen) atoms. The maximum atomic E-state index is 12.1. The molecule has 3 aromatic carbocycles. The predicted molar refractivity (Wildman–Crippen MR) is 106 cm³/mol. The number of hydrogen-bond donors (Lipinski definition) is 0. The van der Waals surface area contributed by atoms with Gasteiger partial charge in [0.15, 0.2) is 0 Å². The van der Waals surface area contributed by atoms with E-state index < -0.39 is 0 Å². The molecule has 1 aliphatic rings. The SMILES string of the molecule is O=C1OC(c2ccc(Oc3ccccc3)cc2)=C/C1=C\c1ccc(Cl)cc1. The number of carbonyl (C=O) groups excluding carboxylic acids is 1. The van der Waals surface area contributed by atoms with Crippen LogP contribution in [0.3, 0.4) is 0 Å². The van der Waals surface area contributed by atoms with Crippen LogP contribution < -0.4 is 4.74 Å². The van der Waals surface area contributed by atoms with E-state index in [2.05, 4.69) is 0 Å². The molecule has 0 bridgehead atoms. The Morgan fingerprint density at radius 2 is 1.48 bits per heavy atom. The highest BCUT2D eigenvalue weighted by Crippen LogP contribution is 2.29. The molecule has 1 heterocycles. The molecular weight excluding hydrogens is 360 g/mol. The molecule has 0 atom stereocenters. The van der Waals surface area contributed by atoms with Crippen molar-refractivity contribution in [3.8, 4) is 11.5 Å². The van der Waals surface area contributed by atoms with Gasteiger partial charge in [-0.3, -0.25) is 0 Å². The number of benzene rings is 3. The molecule has 1 aliphatic heterocycles. The van der Waals surface area contributed by atoms with E-state index >= 15 is 0 Å². The molecule has 0 unspecified atom stereocenters. The molecule has 0 N–H and O–H groups in total. The van der Waals surface area contributed by atoms with Crippen LogP contribution in [0.1, 0.15) is 11.1 Å². The van der Waals surface area contributed by atoms with Crippen LogP contribution in [0.4, 0.5) is 0 Å². The Kier molecular flexibility index (Phi) is 4.77. The smallest absolute Gasteiger partial charge is 0.343 e. The fraction of sp³-hybridized carbons (Fsp3) is 0. The van der Waals surface area contributed by atoms with Crippen molar-refractivity contribution in [1.82, 2.24) is 0 Å². The van der Waals surface area contributed by atoms with Gasteiger partial charge in [-0.05, 0) is 66.2 Å². The molecular formula is C23H15ClO3. The van der Waals surface area contributed by atoms with Crippen LogP contribution >= 0.6 is 11.6 Å². The highest BCUT2D eigenvalue weighted by molar-refractivity contribution is 6.30. The minimum atomic E-state index is -0.371. The fourth-order valence-corrected chi connectivity index (χ4v) is 2.81. The summed E-state index contributed by atoms with van der Waals surface area (Å²) in [7, 11) is 0. The summed E-state index contributed by atoms with van der Waals surface area (Å²) in [6.45, 7) is 0. The zero-order valence-corrected chi connectivity index (χ0v) is 15.0. The van der Waals surface area contributed by atoms with Crippen molar-refractivity contribution in [2.24, 2.45) is 0 Å². The van der Waals surface area contributed by atoms with Gasteiger partial charge in [-0.1, -0.05) is 41.9 Å². The Morgan fingerprint density at radius 1 is 0.815 bits per heavy atom. The second-order valence-electron chi connectivity index (χ2n) is 5.99. The topological polar surface area (TPSA) is 35.5 Å². The van der Waals surface area contributed by atoms with Gasteiger partial charge in [0.25, 0.3) is 0 Å². The molecule has 3 aromatic rings. The number of hydrogen-bond acceptors (Lipinski definition) is 3. The van der Waals surface area contributed by atoms with E-state index in [-0.39, 0.29) is 5.97 Å². The molecule has 0 saturated carbocycles. The number of rotatable bonds is 4. The minimum absolute atomic E-state index is 0.371. The van der Waals surface area contributed by atoms with Crippen LogP contribution in [-0.4, -0.2) is 5.97 Å². The maximum absolute atomic E-state index is 12.1. The van der Waals surface area contributed by atoms with Gasteiger partial charge in [0.2, 0.25) is 0 Å². The van der Waals surface area contributed by atoms with Crippen LogP contribution in [0, 0.1) is 0 Å². The zero-order valence-electron chi connectivity index (χ0n) is 14.3. The van der Waals surface area contributed by atoms with E-state index in [1.54, 1.807) is 24.3 Å². The van der Waals surface area contributed by atoms with Crippen molar-refractivity contribution in [2.45, 2.75) is 0 Å². The van der Waals surface area contributed by atoms with Gasteiger partial charge >= 0.3 is 5.97 Å². The van der Waals surface area contributed by atoms with E-state index in [9.17, 15) is 4.79 Å². The Hall–Kier alpha value is -3.30. The first kappa shape index (κ1) is 17.1. The van der Waals surface area contributed by atoms with Crippen LogP contribution in [0.5, 0.6) is 11.5 Å². The Labute approximate surface area is 162 Å². The van der Waals surface area contributed by atoms with Crippen molar-refractivity contribution in [1.29, 1.82) is 0 Å². The number of cyclic esters (lactones) is 1. The summed E-state index contributed by atoms with van der Waals surface area (Å²) < 4.78 is 11.2. The molecule has 3 nitrogen and oxygen atoms in total. The average molecular weight is 375 g/mol. The van der Waals surface area contributed by atoms with Crippen LogP contribution in [0.15, 0.2) is 90.5 Å². The fourth-order valence-electron chi connectivity index (χ4n) is 2.68. The van der Waals surface area contributed by atoms with Gasteiger partial charge in [0.1, 0.15) is 17.3 Å². The lowest BCUT2D eigenvalue weighted by molar-refractivity contribution is -0.130. The third-order valence-corrected chi connectivity index (χ3v) is 4.29. The molecule has 4 rings (SSSR count). The van der Waals surface area contributed by atoms with Gasteiger partial charge in [0, 0.05) is 10.6 Å². The number of halogens is 1. The summed E-state index contributed by atoms with van der Waals surface area (Å²) in [5, 5.41) is 0.653. The maximum Gasteiger partial charge on any atom is 0.343 e. The van der Waals surface area contributed by atoms with Crippen molar-refractivity contribution in [3.05, 3.63) is 107 Å². The van der Waals surface area contributed by atoms with Gasteiger partial charge < -0.3 is 9.47 Å². The van der Waals surface area contributed by atoms with Gasteiger partial charge in [-0.2, -0.15) is 0 Å². The molecule has 0 fully saturated rings. The second-order valence-corrected chi connectivity index (χ2v) is 6.43. The third-order valence-electron chi connectivity index (χ3n) is 4.03. The first-order valence-electron chi connectivity index (χ1n) is 8.42. The van der Waals surface area contributed by atoms with E-state index in [1.807, 2.05) is 66.7 Å².